The predicted octanol–water partition coefficient (Wildman–Crippen LogP) is 4.69. The maximum absolute atomic E-state index is 5.94. The normalized spacial score (nSPS) is 20.7. The molecule has 30 heavy (non-hydrogen) atoms. The Labute approximate surface area is 176 Å². The van der Waals surface area contributed by atoms with E-state index in [0.29, 0.717) is 19.3 Å². The zero-order valence-electron chi connectivity index (χ0n) is 17.6. The fourth-order valence-electron chi connectivity index (χ4n) is 5.59. The highest BCUT2D eigenvalue weighted by molar-refractivity contribution is 6.12. The highest BCUT2D eigenvalue weighted by Crippen LogP contribution is 2.46. The number of piperidine rings is 1. The van der Waals surface area contributed by atoms with Crippen molar-refractivity contribution in [3.8, 4) is 23.0 Å². The molecule has 3 aliphatic rings. The summed E-state index contributed by atoms with van der Waals surface area (Å²) in [6, 6.07) is 9.28. The number of rotatable bonds is 2. The van der Waals surface area contributed by atoms with E-state index >= 15 is 0 Å². The average Bonchev–Trinajstić information content (AvgIpc) is 2.81. The van der Waals surface area contributed by atoms with E-state index in [4.69, 9.17) is 18.9 Å². The van der Waals surface area contributed by atoms with E-state index in [1.165, 1.54) is 58.5 Å². The van der Waals surface area contributed by atoms with Gasteiger partial charge in [0.2, 0.25) is 0 Å². The summed E-state index contributed by atoms with van der Waals surface area (Å²) in [5, 5.41) is 4.95. The minimum absolute atomic E-state index is 0.593. The Morgan fingerprint density at radius 1 is 0.800 bits per heavy atom. The third-order valence-electron chi connectivity index (χ3n) is 7.06. The van der Waals surface area contributed by atoms with E-state index < -0.39 is 0 Å². The Kier molecular flexibility index (Phi) is 4.20. The van der Waals surface area contributed by atoms with Crippen LogP contribution in [0.2, 0.25) is 0 Å². The van der Waals surface area contributed by atoms with Crippen molar-refractivity contribution < 1.29 is 18.9 Å². The second-order valence-corrected chi connectivity index (χ2v) is 8.58. The number of fused-ring (bicyclic) bond motifs is 8. The Morgan fingerprint density at radius 2 is 1.43 bits per heavy atom. The van der Waals surface area contributed by atoms with Crippen LogP contribution in [0.4, 0.5) is 0 Å². The molecule has 0 amide bonds. The van der Waals surface area contributed by atoms with E-state index in [1.54, 1.807) is 14.2 Å². The van der Waals surface area contributed by atoms with Gasteiger partial charge in [-0.1, -0.05) is 6.42 Å². The summed E-state index contributed by atoms with van der Waals surface area (Å²) < 4.78 is 23.2. The monoisotopic (exact) mass is 405 g/mol. The lowest BCUT2D eigenvalue weighted by molar-refractivity contribution is 0.128. The van der Waals surface area contributed by atoms with Gasteiger partial charge in [0.05, 0.1) is 14.2 Å². The summed E-state index contributed by atoms with van der Waals surface area (Å²) in [5.74, 6) is 3.24. The number of nitrogens with zero attached hydrogens (tertiary/aromatic N) is 1. The van der Waals surface area contributed by atoms with Gasteiger partial charge in [-0.25, -0.2) is 0 Å². The van der Waals surface area contributed by atoms with Gasteiger partial charge in [0, 0.05) is 12.6 Å². The van der Waals surface area contributed by atoms with Crippen LogP contribution in [-0.2, 0) is 13.0 Å². The van der Waals surface area contributed by atoms with Gasteiger partial charge >= 0.3 is 0 Å². The lowest BCUT2D eigenvalue weighted by atomic mass is 9.82. The summed E-state index contributed by atoms with van der Waals surface area (Å²) in [4.78, 5) is 2.67. The molecule has 3 aromatic rings. The van der Waals surface area contributed by atoms with E-state index in [0.717, 1.165) is 36.0 Å². The molecule has 0 saturated carbocycles. The topological polar surface area (TPSA) is 40.2 Å². The van der Waals surface area contributed by atoms with Crippen LogP contribution in [0.25, 0.3) is 21.5 Å². The number of methoxy groups -OCH3 is 2. The van der Waals surface area contributed by atoms with Crippen LogP contribution in [0.5, 0.6) is 23.0 Å². The molecule has 0 aliphatic carbocycles. The molecule has 1 atom stereocenters. The van der Waals surface area contributed by atoms with Crippen LogP contribution in [-0.4, -0.2) is 44.9 Å². The molecule has 1 fully saturated rings. The maximum atomic E-state index is 5.94. The van der Waals surface area contributed by atoms with Crippen LogP contribution < -0.4 is 18.9 Å². The zero-order valence-corrected chi connectivity index (χ0v) is 17.6. The SMILES string of the molecule is COc1cc2c3c(c4cc5c(cc4c2cc1OC)OCCO5)CC1CCCCN1C3. The molecule has 5 nitrogen and oxygen atoms in total. The Morgan fingerprint density at radius 3 is 2.17 bits per heavy atom. The standard InChI is InChI=1S/C25H27NO4/c1-27-22-10-17-19-13-25-24(29-7-8-30-25)12-18(19)16-9-15-5-3-4-6-26(15)14-21(16)20(17)11-23(22)28-2/h10-13,15H,3-9,14H2,1-2H3. The molecule has 0 aromatic heterocycles. The van der Waals surface area contributed by atoms with Crippen LogP contribution >= 0.6 is 0 Å². The van der Waals surface area contributed by atoms with Crippen molar-refractivity contribution in [3.05, 3.63) is 35.4 Å². The first kappa shape index (κ1) is 18.1. The average molecular weight is 405 g/mol. The molecular weight excluding hydrogens is 378 g/mol. The minimum Gasteiger partial charge on any atom is -0.493 e. The Bertz CT molecular complexity index is 1080. The molecule has 1 unspecified atom stereocenters. The summed E-state index contributed by atoms with van der Waals surface area (Å²) in [5.41, 5.74) is 2.89. The smallest absolute Gasteiger partial charge is 0.162 e. The first-order chi connectivity index (χ1) is 14.8. The molecule has 0 radical (unpaired) electrons. The molecule has 156 valence electrons. The van der Waals surface area contributed by atoms with Crippen molar-refractivity contribution in [2.75, 3.05) is 34.0 Å². The zero-order chi connectivity index (χ0) is 20.2. The Hall–Kier alpha value is -2.66. The highest BCUT2D eigenvalue weighted by Gasteiger charge is 2.32. The molecule has 3 aromatic carbocycles. The molecule has 0 bridgehead atoms. The number of ether oxygens (including phenoxy) is 4. The summed E-state index contributed by atoms with van der Waals surface area (Å²) >= 11 is 0. The van der Waals surface area contributed by atoms with Crippen LogP contribution in [0.1, 0.15) is 30.4 Å². The third kappa shape index (κ3) is 2.64. The van der Waals surface area contributed by atoms with E-state index in [-0.39, 0.29) is 0 Å². The van der Waals surface area contributed by atoms with Gasteiger partial charge in [-0.2, -0.15) is 0 Å². The van der Waals surface area contributed by atoms with Crippen LogP contribution in [0.15, 0.2) is 24.3 Å². The molecule has 3 aliphatic heterocycles. The van der Waals surface area contributed by atoms with E-state index in [9.17, 15) is 0 Å². The molecule has 0 spiro atoms. The maximum Gasteiger partial charge on any atom is 0.162 e. The summed E-state index contributed by atoms with van der Waals surface area (Å²) in [6.45, 7) is 3.39. The Balaban J connectivity index is 1.69. The van der Waals surface area contributed by atoms with Gasteiger partial charge in [0.15, 0.2) is 23.0 Å². The van der Waals surface area contributed by atoms with Gasteiger partial charge < -0.3 is 18.9 Å². The summed E-state index contributed by atoms with van der Waals surface area (Å²) in [7, 11) is 3.40. The largest absolute Gasteiger partial charge is 0.493 e. The van der Waals surface area contributed by atoms with Gasteiger partial charge in [0.25, 0.3) is 0 Å². The lowest BCUT2D eigenvalue weighted by Gasteiger charge is -2.41. The molecule has 6 rings (SSSR count). The fraction of sp³-hybridized carbons (Fsp3) is 0.440. The summed E-state index contributed by atoms with van der Waals surface area (Å²) in [6.07, 6.45) is 5.01. The second-order valence-electron chi connectivity index (χ2n) is 8.58. The third-order valence-corrected chi connectivity index (χ3v) is 7.06. The fourth-order valence-corrected chi connectivity index (χ4v) is 5.59. The second kappa shape index (κ2) is 6.95. The number of hydrogen-bond acceptors (Lipinski definition) is 5. The molecule has 0 N–H and O–H groups in total. The first-order valence-corrected chi connectivity index (χ1v) is 10.9. The minimum atomic E-state index is 0.593. The quantitative estimate of drug-likeness (QED) is 0.579. The number of benzene rings is 3. The van der Waals surface area contributed by atoms with Crippen LogP contribution in [0.3, 0.4) is 0 Å². The van der Waals surface area contributed by atoms with Crippen molar-refractivity contribution >= 4 is 21.5 Å². The van der Waals surface area contributed by atoms with Gasteiger partial charge in [-0.15, -0.1) is 0 Å². The van der Waals surface area contributed by atoms with E-state index in [1.807, 2.05) is 0 Å². The molecular formula is C25H27NO4. The molecule has 1 saturated heterocycles. The van der Waals surface area contributed by atoms with Crippen LogP contribution in [0, 0.1) is 0 Å². The lowest BCUT2D eigenvalue weighted by Crippen LogP contribution is -2.43. The van der Waals surface area contributed by atoms with Crippen molar-refractivity contribution in [2.45, 2.75) is 38.3 Å². The van der Waals surface area contributed by atoms with Gasteiger partial charge in [-0.05, 0) is 82.7 Å². The van der Waals surface area contributed by atoms with Crippen molar-refractivity contribution in [1.82, 2.24) is 4.90 Å². The van der Waals surface area contributed by atoms with Gasteiger partial charge in [0.1, 0.15) is 13.2 Å². The molecule has 3 heterocycles. The number of hydrogen-bond donors (Lipinski definition) is 0. The van der Waals surface area contributed by atoms with Gasteiger partial charge in [-0.3, -0.25) is 4.90 Å². The van der Waals surface area contributed by atoms with Crippen molar-refractivity contribution in [2.24, 2.45) is 0 Å². The van der Waals surface area contributed by atoms with E-state index in [2.05, 4.69) is 29.2 Å². The predicted molar refractivity (Wildman–Crippen MR) is 117 cm³/mol. The first-order valence-electron chi connectivity index (χ1n) is 10.9. The highest BCUT2D eigenvalue weighted by atomic mass is 16.6. The molecule has 5 heteroatoms. The van der Waals surface area contributed by atoms with Crippen molar-refractivity contribution in [3.63, 3.8) is 0 Å². The van der Waals surface area contributed by atoms with Crippen molar-refractivity contribution in [1.29, 1.82) is 0 Å².